The van der Waals surface area contributed by atoms with Crippen LogP contribution in [0.3, 0.4) is 0 Å². The molecule has 0 bridgehead atoms. The van der Waals surface area contributed by atoms with E-state index in [-0.39, 0.29) is 0 Å². The first kappa shape index (κ1) is 18.8. The molecule has 0 amide bonds. The number of guanidine groups is 1. The van der Waals surface area contributed by atoms with E-state index in [0.29, 0.717) is 12.1 Å². The van der Waals surface area contributed by atoms with Gasteiger partial charge in [0.2, 0.25) is 0 Å². The maximum absolute atomic E-state index is 4.50. The number of aryl methyl sites for hydroxylation is 3. The standard InChI is InChI=1S/C18H34N6/c1-14(2)23-11-7-17(8-12-23)21-18(19-5)20-9-6-10-24-16(4)13-15(3)22-24/h13-14,17H,6-12H2,1-5H3,(H2,19,20,21). The molecule has 6 nitrogen and oxygen atoms in total. The maximum atomic E-state index is 4.50. The Morgan fingerprint density at radius 1 is 1.33 bits per heavy atom. The lowest BCUT2D eigenvalue weighted by molar-refractivity contribution is 0.167. The van der Waals surface area contributed by atoms with Crippen molar-refractivity contribution in [2.45, 2.75) is 65.6 Å². The van der Waals surface area contributed by atoms with E-state index in [1.807, 2.05) is 14.0 Å². The fraction of sp³-hybridized carbons (Fsp3) is 0.778. The molecule has 0 unspecified atom stereocenters. The fourth-order valence-electron chi connectivity index (χ4n) is 3.29. The van der Waals surface area contributed by atoms with Gasteiger partial charge in [-0.15, -0.1) is 0 Å². The van der Waals surface area contributed by atoms with Crippen LogP contribution in [0.4, 0.5) is 0 Å². The highest BCUT2D eigenvalue weighted by molar-refractivity contribution is 5.79. The summed E-state index contributed by atoms with van der Waals surface area (Å²) in [4.78, 5) is 6.91. The van der Waals surface area contributed by atoms with Crippen molar-refractivity contribution < 1.29 is 0 Å². The second-order valence-corrected chi connectivity index (χ2v) is 7.05. The largest absolute Gasteiger partial charge is 0.356 e. The molecule has 0 atom stereocenters. The summed E-state index contributed by atoms with van der Waals surface area (Å²) in [5.74, 6) is 0.923. The second-order valence-electron chi connectivity index (χ2n) is 7.05. The zero-order chi connectivity index (χ0) is 17.5. The van der Waals surface area contributed by atoms with Crippen molar-refractivity contribution in [3.8, 4) is 0 Å². The predicted molar refractivity (Wildman–Crippen MR) is 101 cm³/mol. The van der Waals surface area contributed by atoms with Crippen molar-refractivity contribution in [2.24, 2.45) is 4.99 Å². The monoisotopic (exact) mass is 334 g/mol. The third-order valence-corrected chi connectivity index (χ3v) is 4.77. The number of hydrogen-bond acceptors (Lipinski definition) is 3. The van der Waals surface area contributed by atoms with E-state index < -0.39 is 0 Å². The summed E-state index contributed by atoms with van der Waals surface area (Å²) in [6, 6.07) is 3.30. The minimum Gasteiger partial charge on any atom is -0.356 e. The molecule has 1 aliphatic heterocycles. The first-order valence-electron chi connectivity index (χ1n) is 9.22. The van der Waals surface area contributed by atoms with Crippen LogP contribution in [-0.2, 0) is 6.54 Å². The van der Waals surface area contributed by atoms with Crippen LogP contribution in [0.15, 0.2) is 11.1 Å². The summed E-state index contributed by atoms with van der Waals surface area (Å²) < 4.78 is 2.08. The van der Waals surface area contributed by atoms with Crippen LogP contribution >= 0.6 is 0 Å². The quantitative estimate of drug-likeness (QED) is 0.474. The molecule has 0 radical (unpaired) electrons. The average Bonchev–Trinajstić information content (AvgIpc) is 2.88. The molecule has 6 heteroatoms. The minimum atomic E-state index is 0.530. The molecule has 1 aromatic rings. The lowest BCUT2D eigenvalue weighted by atomic mass is 10.0. The molecule has 136 valence electrons. The van der Waals surface area contributed by atoms with Gasteiger partial charge in [0.15, 0.2) is 5.96 Å². The van der Waals surface area contributed by atoms with E-state index in [0.717, 1.165) is 31.2 Å². The Labute approximate surface area is 146 Å². The Balaban J connectivity index is 1.67. The van der Waals surface area contributed by atoms with Gasteiger partial charge < -0.3 is 15.5 Å². The molecule has 1 aromatic heterocycles. The Kier molecular flexibility index (Phi) is 7.09. The zero-order valence-electron chi connectivity index (χ0n) is 16.0. The maximum Gasteiger partial charge on any atom is 0.191 e. The summed E-state index contributed by atoms with van der Waals surface area (Å²) in [6.07, 6.45) is 3.41. The van der Waals surface area contributed by atoms with E-state index in [2.05, 4.69) is 57.1 Å². The summed E-state index contributed by atoms with van der Waals surface area (Å²) in [5.41, 5.74) is 2.32. The zero-order valence-corrected chi connectivity index (χ0v) is 16.0. The molecule has 1 saturated heterocycles. The molecule has 1 aliphatic rings. The van der Waals surface area contributed by atoms with Crippen LogP contribution < -0.4 is 10.6 Å². The van der Waals surface area contributed by atoms with Crippen molar-refractivity contribution in [3.05, 3.63) is 17.5 Å². The van der Waals surface area contributed by atoms with Crippen molar-refractivity contribution >= 4 is 5.96 Å². The number of aliphatic imine (C=N–C) groups is 1. The Bertz CT molecular complexity index is 526. The molecule has 0 saturated carbocycles. The van der Waals surface area contributed by atoms with Gasteiger partial charge in [0.05, 0.1) is 5.69 Å². The number of nitrogens with zero attached hydrogens (tertiary/aromatic N) is 4. The summed E-state index contributed by atoms with van der Waals surface area (Å²) in [5, 5.41) is 11.5. The van der Waals surface area contributed by atoms with Gasteiger partial charge in [-0.25, -0.2) is 0 Å². The van der Waals surface area contributed by atoms with Gasteiger partial charge in [0, 0.05) is 51.0 Å². The topological polar surface area (TPSA) is 57.5 Å². The van der Waals surface area contributed by atoms with E-state index >= 15 is 0 Å². The molecular formula is C18H34N6. The van der Waals surface area contributed by atoms with Crippen molar-refractivity contribution in [1.29, 1.82) is 0 Å². The smallest absolute Gasteiger partial charge is 0.191 e. The number of aromatic nitrogens is 2. The van der Waals surface area contributed by atoms with E-state index in [9.17, 15) is 0 Å². The first-order valence-corrected chi connectivity index (χ1v) is 9.22. The second kappa shape index (κ2) is 9.06. The molecule has 1 fully saturated rings. The number of nitrogens with one attached hydrogen (secondary N) is 2. The molecule has 0 aliphatic carbocycles. The lowest BCUT2D eigenvalue weighted by Gasteiger charge is -2.35. The summed E-state index contributed by atoms with van der Waals surface area (Å²) in [6.45, 7) is 12.9. The summed E-state index contributed by atoms with van der Waals surface area (Å²) >= 11 is 0. The van der Waals surface area contributed by atoms with Gasteiger partial charge in [0.1, 0.15) is 0 Å². The van der Waals surface area contributed by atoms with Gasteiger partial charge in [-0.3, -0.25) is 9.67 Å². The molecule has 2 heterocycles. The fourth-order valence-corrected chi connectivity index (χ4v) is 3.29. The van der Waals surface area contributed by atoms with Crippen LogP contribution in [0, 0.1) is 13.8 Å². The van der Waals surface area contributed by atoms with Gasteiger partial charge in [-0.1, -0.05) is 0 Å². The van der Waals surface area contributed by atoms with E-state index in [1.54, 1.807) is 0 Å². The predicted octanol–water partition coefficient (Wildman–Crippen LogP) is 1.93. The third-order valence-electron chi connectivity index (χ3n) is 4.77. The first-order chi connectivity index (χ1) is 11.5. The Hall–Kier alpha value is -1.56. The van der Waals surface area contributed by atoms with E-state index in [4.69, 9.17) is 0 Å². The van der Waals surface area contributed by atoms with E-state index in [1.165, 1.54) is 31.6 Å². The lowest BCUT2D eigenvalue weighted by Crippen LogP contribution is -2.50. The highest BCUT2D eigenvalue weighted by Crippen LogP contribution is 2.12. The van der Waals surface area contributed by atoms with Crippen LogP contribution in [0.1, 0.15) is 44.5 Å². The van der Waals surface area contributed by atoms with Crippen LogP contribution in [-0.4, -0.2) is 59.4 Å². The molecular weight excluding hydrogens is 300 g/mol. The minimum absolute atomic E-state index is 0.530. The van der Waals surface area contributed by atoms with Gasteiger partial charge in [0.25, 0.3) is 0 Å². The van der Waals surface area contributed by atoms with Gasteiger partial charge in [-0.05, 0) is 53.0 Å². The molecule has 24 heavy (non-hydrogen) atoms. The normalized spacial score (nSPS) is 17.5. The Morgan fingerprint density at radius 3 is 2.58 bits per heavy atom. The highest BCUT2D eigenvalue weighted by atomic mass is 15.3. The van der Waals surface area contributed by atoms with Crippen molar-refractivity contribution in [3.63, 3.8) is 0 Å². The van der Waals surface area contributed by atoms with Crippen molar-refractivity contribution in [1.82, 2.24) is 25.3 Å². The van der Waals surface area contributed by atoms with Crippen molar-refractivity contribution in [2.75, 3.05) is 26.7 Å². The SMILES string of the molecule is CN=C(NCCCn1nc(C)cc1C)NC1CCN(C(C)C)CC1. The van der Waals surface area contributed by atoms with Crippen LogP contribution in [0.2, 0.25) is 0 Å². The highest BCUT2D eigenvalue weighted by Gasteiger charge is 2.21. The molecule has 0 spiro atoms. The number of hydrogen-bond donors (Lipinski definition) is 2. The third kappa shape index (κ3) is 5.51. The van der Waals surface area contributed by atoms with Gasteiger partial charge in [-0.2, -0.15) is 5.10 Å². The molecule has 2 N–H and O–H groups in total. The number of rotatable bonds is 6. The summed E-state index contributed by atoms with van der Waals surface area (Å²) in [7, 11) is 1.85. The van der Waals surface area contributed by atoms with Crippen LogP contribution in [0.25, 0.3) is 0 Å². The van der Waals surface area contributed by atoms with Crippen LogP contribution in [0.5, 0.6) is 0 Å². The average molecular weight is 335 g/mol. The Morgan fingerprint density at radius 2 is 2.04 bits per heavy atom. The number of likely N-dealkylation sites (tertiary alicyclic amines) is 1. The molecule has 2 rings (SSSR count). The number of piperidine rings is 1. The van der Waals surface area contributed by atoms with Gasteiger partial charge >= 0.3 is 0 Å². The molecule has 0 aromatic carbocycles.